The smallest absolute Gasteiger partial charge is 0.247 e. The normalized spacial score (nSPS) is 25.7. The summed E-state index contributed by atoms with van der Waals surface area (Å²) in [5.74, 6) is 1.04. The molecule has 7 nitrogen and oxygen atoms in total. The first-order valence-corrected chi connectivity index (χ1v) is 12.6. The van der Waals surface area contributed by atoms with Crippen LogP contribution in [0.3, 0.4) is 0 Å². The standard InChI is InChI=1S/C21H25N3O4S2/c1-15-22-17(12-29-15)11-24-14-21(8-9-23(13-21)20(25)10-16-6-7-16)28-18-4-2-3-5-19(18)30(24,26)27/h2-5,12,16H,6-11,13-14H2,1H3. The molecule has 1 aromatic heterocycles. The fourth-order valence-corrected chi connectivity index (χ4v) is 6.53. The minimum Gasteiger partial charge on any atom is -0.483 e. The second-order valence-corrected chi connectivity index (χ2v) is 11.5. The van der Waals surface area contributed by atoms with E-state index in [0.29, 0.717) is 37.6 Å². The maximum absolute atomic E-state index is 13.5. The summed E-state index contributed by atoms with van der Waals surface area (Å²) in [6.45, 7) is 3.31. The maximum Gasteiger partial charge on any atom is 0.247 e. The maximum atomic E-state index is 13.5. The molecule has 1 unspecified atom stereocenters. The number of aromatic nitrogens is 1. The third-order valence-corrected chi connectivity index (χ3v) is 8.75. The van der Waals surface area contributed by atoms with Gasteiger partial charge in [-0.2, -0.15) is 4.31 Å². The van der Waals surface area contributed by atoms with E-state index in [9.17, 15) is 13.2 Å². The molecule has 0 N–H and O–H groups in total. The SMILES string of the molecule is Cc1nc(CN2CC3(CCN(C(=O)CC4CC4)C3)Oc3ccccc3S2(=O)=O)cs1. The number of sulfonamides is 1. The second kappa shape index (κ2) is 7.32. The largest absolute Gasteiger partial charge is 0.483 e. The molecule has 1 saturated carbocycles. The Balaban J connectivity index is 1.47. The molecule has 9 heteroatoms. The van der Waals surface area contributed by atoms with Crippen LogP contribution in [0.15, 0.2) is 34.5 Å². The minimum atomic E-state index is -3.75. The molecular weight excluding hydrogens is 422 g/mol. The summed E-state index contributed by atoms with van der Waals surface area (Å²) in [7, 11) is -3.75. The molecule has 0 radical (unpaired) electrons. The predicted octanol–water partition coefficient (Wildman–Crippen LogP) is 2.81. The van der Waals surface area contributed by atoms with Crippen molar-refractivity contribution in [2.45, 2.75) is 49.6 Å². The molecule has 2 fully saturated rings. The minimum absolute atomic E-state index is 0.153. The molecule has 1 atom stereocenters. The lowest BCUT2D eigenvalue weighted by molar-refractivity contribution is -0.131. The fourth-order valence-electron chi connectivity index (χ4n) is 4.33. The lowest BCUT2D eigenvalue weighted by Crippen LogP contribution is -2.49. The number of hydrogen-bond acceptors (Lipinski definition) is 6. The van der Waals surface area contributed by atoms with Crippen molar-refractivity contribution in [2.24, 2.45) is 5.92 Å². The molecule has 2 aromatic rings. The van der Waals surface area contributed by atoms with Gasteiger partial charge in [0, 0.05) is 24.8 Å². The number of carbonyl (C=O) groups excluding carboxylic acids is 1. The monoisotopic (exact) mass is 447 g/mol. The van der Waals surface area contributed by atoms with E-state index in [4.69, 9.17) is 4.74 Å². The average Bonchev–Trinajstić information content (AvgIpc) is 3.29. The number of rotatable bonds is 4. The molecule has 2 aliphatic heterocycles. The Bertz CT molecular complexity index is 1080. The van der Waals surface area contributed by atoms with Gasteiger partial charge in [0.05, 0.1) is 30.3 Å². The van der Waals surface area contributed by atoms with Crippen LogP contribution in [0.5, 0.6) is 5.75 Å². The first kappa shape index (κ1) is 20.0. The van der Waals surface area contributed by atoms with E-state index in [0.717, 1.165) is 23.5 Å². The van der Waals surface area contributed by atoms with E-state index in [-0.39, 0.29) is 23.9 Å². The van der Waals surface area contributed by atoms with Crippen molar-refractivity contribution < 1.29 is 17.9 Å². The number of para-hydroxylation sites is 1. The van der Waals surface area contributed by atoms with Crippen LogP contribution in [-0.4, -0.2) is 53.7 Å². The Hall–Kier alpha value is -1.97. The molecule has 1 saturated heterocycles. The summed E-state index contributed by atoms with van der Waals surface area (Å²) < 4.78 is 34.8. The highest BCUT2D eigenvalue weighted by Gasteiger charge is 2.49. The molecule has 1 aliphatic carbocycles. The highest BCUT2D eigenvalue weighted by molar-refractivity contribution is 7.89. The number of carbonyl (C=O) groups is 1. The summed E-state index contributed by atoms with van der Waals surface area (Å²) in [5, 5.41) is 2.80. The predicted molar refractivity (Wildman–Crippen MR) is 113 cm³/mol. The average molecular weight is 448 g/mol. The number of nitrogens with zero attached hydrogens (tertiary/aromatic N) is 3. The van der Waals surface area contributed by atoms with E-state index in [1.54, 1.807) is 24.3 Å². The first-order valence-electron chi connectivity index (χ1n) is 10.3. The Morgan fingerprint density at radius 2 is 2.10 bits per heavy atom. The Kier molecular flexibility index (Phi) is 4.87. The van der Waals surface area contributed by atoms with Crippen molar-refractivity contribution in [2.75, 3.05) is 19.6 Å². The lowest BCUT2D eigenvalue weighted by atomic mass is 10.0. The van der Waals surface area contributed by atoms with Gasteiger partial charge in [-0.05, 0) is 37.8 Å². The highest BCUT2D eigenvalue weighted by atomic mass is 32.2. The van der Waals surface area contributed by atoms with Crippen molar-refractivity contribution in [3.8, 4) is 5.75 Å². The molecule has 5 rings (SSSR count). The van der Waals surface area contributed by atoms with Gasteiger partial charge in [0.25, 0.3) is 0 Å². The zero-order valence-electron chi connectivity index (χ0n) is 16.9. The molecule has 0 bridgehead atoms. The number of likely N-dealkylation sites (tertiary alicyclic amines) is 1. The molecular formula is C21H25N3O4S2. The zero-order chi connectivity index (χ0) is 20.9. The summed E-state index contributed by atoms with van der Waals surface area (Å²) in [6, 6.07) is 6.79. The second-order valence-electron chi connectivity index (χ2n) is 8.58. The van der Waals surface area contributed by atoms with Crippen LogP contribution in [0.2, 0.25) is 0 Å². The molecule has 1 aromatic carbocycles. The van der Waals surface area contributed by atoms with Crippen LogP contribution >= 0.6 is 11.3 Å². The van der Waals surface area contributed by atoms with Crippen LogP contribution in [0, 0.1) is 12.8 Å². The van der Waals surface area contributed by atoms with Gasteiger partial charge in [-0.1, -0.05) is 12.1 Å². The molecule has 1 amide bonds. The van der Waals surface area contributed by atoms with Gasteiger partial charge in [-0.15, -0.1) is 11.3 Å². The Morgan fingerprint density at radius 3 is 2.83 bits per heavy atom. The van der Waals surface area contributed by atoms with E-state index in [1.165, 1.54) is 15.6 Å². The van der Waals surface area contributed by atoms with E-state index < -0.39 is 15.6 Å². The van der Waals surface area contributed by atoms with Gasteiger partial charge in [0.15, 0.2) is 0 Å². The van der Waals surface area contributed by atoms with E-state index in [2.05, 4.69) is 4.98 Å². The van der Waals surface area contributed by atoms with Gasteiger partial charge >= 0.3 is 0 Å². The molecule has 160 valence electrons. The first-order chi connectivity index (χ1) is 14.3. The van der Waals surface area contributed by atoms with Crippen LogP contribution in [-0.2, 0) is 21.4 Å². The van der Waals surface area contributed by atoms with Crippen molar-refractivity contribution in [3.05, 3.63) is 40.3 Å². The van der Waals surface area contributed by atoms with Gasteiger partial charge in [-0.25, -0.2) is 13.4 Å². The highest BCUT2D eigenvalue weighted by Crippen LogP contribution is 2.40. The van der Waals surface area contributed by atoms with Crippen molar-refractivity contribution in [3.63, 3.8) is 0 Å². The van der Waals surface area contributed by atoms with Crippen molar-refractivity contribution in [1.82, 2.24) is 14.2 Å². The van der Waals surface area contributed by atoms with Crippen molar-refractivity contribution >= 4 is 27.3 Å². The van der Waals surface area contributed by atoms with Crippen LogP contribution in [0.25, 0.3) is 0 Å². The third kappa shape index (κ3) is 3.74. The molecule has 1 spiro atoms. The van der Waals surface area contributed by atoms with Crippen LogP contribution < -0.4 is 4.74 Å². The van der Waals surface area contributed by atoms with Gasteiger partial charge in [0.1, 0.15) is 16.2 Å². The number of thiazole rings is 1. The van der Waals surface area contributed by atoms with E-state index >= 15 is 0 Å². The summed E-state index contributed by atoms with van der Waals surface area (Å²) in [5.41, 5.74) is -0.0144. The number of hydrogen-bond donors (Lipinski definition) is 0. The quantitative estimate of drug-likeness (QED) is 0.720. The summed E-state index contributed by atoms with van der Waals surface area (Å²) in [6.07, 6.45) is 3.47. The summed E-state index contributed by atoms with van der Waals surface area (Å²) in [4.78, 5) is 19.2. The Labute approximate surface area is 180 Å². The third-order valence-electron chi connectivity index (χ3n) is 6.09. The number of aryl methyl sites for hydroxylation is 1. The van der Waals surface area contributed by atoms with Crippen LogP contribution in [0.1, 0.15) is 36.4 Å². The van der Waals surface area contributed by atoms with E-state index in [1.807, 2.05) is 17.2 Å². The Morgan fingerprint density at radius 1 is 1.30 bits per heavy atom. The topological polar surface area (TPSA) is 79.8 Å². The molecule has 30 heavy (non-hydrogen) atoms. The van der Waals surface area contributed by atoms with Gasteiger partial charge in [-0.3, -0.25) is 4.79 Å². The molecule has 3 aliphatic rings. The summed E-state index contributed by atoms with van der Waals surface area (Å²) >= 11 is 1.51. The fraction of sp³-hybridized carbons (Fsp3) is 0.524. The number of benzene rings is 1. The molecule has 3 heterocycles. The van der Waals surface area contributed by atoms with Gasteiger partial charge in [0.2, 0.25) is 15.9 Å². The van der Waals surface area contributed by atoms with Crippen LogP contribution in [0.4, 0.5) is 0 Å². The lowest BCUT2D eigenvalue weighted by Gasteiger charge is -2.31. The number of ether oxygens (including phenoxy) is 1. The number of fused-ring (bicyclic) bond motifs is 1. The van der Waals surface area contributed by atoms with Gasteiger partial charge < -0.3 is 9.64 Å². The number of amides is 1. The zero-order valence-corrected chi connectivity index (χ0v) is 18.5. The van der Waals surface area contributed by atoms with Crippen molar-refractivity contribution in [1.29, 1.82) is 0 Å².